The van der Waals surface area contributed by atoms with Gasteiger partial charge >= 0.3 is 0 Å². The van der Waals surface area contributed by atoms with Crippen LogP contribution in [0.15, 0.2) is 18.2 Å². The molecule has 0 radical (unpaired) electrons. The average molecular weight is 307 g/mol. The van der Waals surface area contributed by atoms with Gasteiger partial charge in [0.15, 0.2) is 0 Å². The zero-order valence-electron chi connectivity index (χ0n) is 12.3. The highest BCUT2D eigenvalue weighted by molar-refractivity contribution is 5.95. The van der Waals surface area contributed by atoms with Crippen molar-refractivity contribution in [2.24, 2.45) is 5.92 Å². The molecule has 21 heavy (non-hydrogen) atoms. The van der Waals surface area contributed by atoms with E-state index in [1.54, 1.807) is 0 Å². The first-order chi connectivity index (χ1) is 9.83. The van der Waals surface area contributed by atoms with Gasteiger partial charge in [0.05, 0.1) is 0 Å². The van der Waals surface area contributed by atoms with E-state index in [4.69, 9.17) is 0 Å². The zero-order chi connectivity index (χ0) is 13.5. The van der Waals surface area contributed by atoms with Crippen molar-refractivity contribution in [3.8, 4) is 0 Å². The molecule has 2 aliphatic heterocycles. The fourth-order valence-corrected chi connectivity index (χ4v) is 4.30. The minimum absolute atomic E-state index is 0. The van der Waals surface area contributed by atoms with E-state index in [2.05, 4.69) is 22.3 Å². The second-order valence-electron chi connectivity index (χ2n) is 6.49. The molecule has 1 aromatic rings. The molecule has 1 amide bonds. The lowest BCUT2D eigenvalue weighted by atomic mass is 9.91. The molecule has 1 aliphatic carbocycles. The number of nitrogens with zero attached hydrogens (tertiary/aromatic N) is 1. The van der Waals surface area contributed by atoms with Crippen molar-refractivity contribution in [2.45, 2.75) is 51.2 Å². The number of benzene rings is 1. The molecule has 2 heterocycles. The Labute approximate surface area is 132 Å². The molecule has 4 rings (SSSR count). The largest absolute Gasteiger partial charge is 0.335 e. The fourth-order valence-electron chi connectivity index (χ4n) is 4.30. The van der Waals surface area contributed by atoms with Crippen LogP contribution in [0.25, 0.3) is 0 Å². The first kappa shape index (κ1) is 14.9. The number of carbonyl (C=O) groups excluding carboxylic acids is 1. The van der Waals surface area contributed by atoms with Gasteiger partial charge < -0.3 is 10.2 Å². The Morgan fingerprint density at radius 1 is 1.10 bits per heavy atom. The van der Waals surface area contributed by atoms with Crippen molar-refractivity contribution in [1.82, 2.24) is 10.2 Å². The number of hydrogen-bond acceptors (Lipinski definition) is 2. The number of carbonyl (C=O) groups is 1. The molecule has 2 fully saturated rings. The van der Waals surface area contributed by atoms with Crippen LogP contribution in [-0.4, -0.2) is 23.4 Å². The molecule has 3 aliphatic rings. The maximum Gasteiger partial charge on any atom is 0.254 e. The van der Waals surface area contributed by atoms with Gasteiger partial charge in [0.25, 0.3) is 5.91 Å². The Morgan fingerprint density at radius 2 is 1.90 bits per heavy atom. The maximum atomic E-state index is 12.8. The van der Waals surface area contributed by atoms with Crippen LogP contribution in [0.3, 0.4) is 0 Å². The van der Waals surface area contributed by atoms with Gasteiger partial charge in [-0.05, 0) is 54.9 Å². The van der Waals surface area contributed by atoms with E-state index in [1.165, 1.54) is 43.2 Å². The number of rotatable bonds is 1. The maximum absolute atomic E-state index is 12.8. The summed E-state index contributed by atoms with van der Waals surface area (Å²) in [5.41, 5.74) is 3.54. The molecule has 114 valence electrons. The van der Waals surface area contributed by atoms with Crippen LogP contribution in [-0.2, 0) is 13.1 Å². The summed E-state index contributed by atoms with van der Waals surface area (Å²) in [6.07, 6.45) is 6.33. The van der Waals surface area contributed by atoms with Crippen LogP contribution >= 0.6 is 12.4 Å². The minimum Gasteiger partial charge on any atom is -0.335 e. The summed E-state index contributed by atoms with van der Waals surface area (Å²) in [6.45, 7) is 2.80. The molecule has 0 aromatic heterocycles. The third-order valence-electron chi connectivity index (χ3n) is 5.34. The summed E-state index contributed by atoms with van der Waals surface area (Å²) in [5.74, 6) is 1.03. The first-order valence-corrected chi connectivity index (χ1v) is 7.96. The molecular weight excluding hydrogens is 284 g/mol. The Hall–Kier alpha value is -1.06. The Kier molecular flexibility index (Phi) is 4.23. The number of halogens is 1. The number of hydrogen-bond donors (Lipinski definition) is 1. The van der Waals surface area contributed by atoms with Crippen LogP contribution in [0, 0.1) is 5.92 Å². The smallest absolute Gasteiger partial charge is 0.254 e. The number of amides is 1. The summed E-state index contributed by atoms with van der Waals surface area (Å²) in [7, 11) is 0. The van der Waals surface area contributed by atoms with Gasteiger partial charge in [-0.1, -0.05) is 12.5 Å². The van der Waals surface area contributed by atoms with Crippen LogP contribution < -0.4 is 5.32 Å². The Bertz CT molecular complexity index is 546. The quantitative estimate of drug-likeness (QED) is 0.864. The SMILES string of the molecule is Cl.O=C(c1ccc2c(c1)CNC2)N1CCCC2CCCC21. The molecule has 0 spiro atoms. The third-order valence-corrected chi connectivity index (χ3v) is 5.34. The predicted octanol–water partition coefficient (Wildman–Crippen LogP) is 3.12. The van der Waals surface area contributed by atoms with Crippen LogP contribution in [0.5, 0.6) is 0 Å². The van der Waals surface area contributed by atoms with Crippen molar-refractivity contribution in [2.75, 3.05) is 6.54 Å². The van der Waals surface area contributed by atoms with Crippen molar-refractivity contribution >= 4 is 18.3 Å². The van der Waals surface area contributed by atoms with Gasteiger partial charge in [-0.2, -0.15) is 0 Å². The van der Waals surface area contributed by atoms with Gasteiger partial charge in [-0.15, -0.1) is 12.4 Å². The van der Waals surface area contributed by atoms with Gasteiger partial charge in [0.2, 0.25) is 0 Å². The highest BCUT2D eigenvalue weighted by Crippen LogP contribution is 2.37. The second-order valence-corrected chi connectivity index (χ2v) is 6.49. The molecule has 1 saturated carbocycles. The Balaban J connectivity index is 0.00000132. The highest BCUT2D eigenvalue weighted by atomic mass is 35.5. The Morgan fingerprint density at radius 3 is 2.81 bits per heavy atom. The fraction of sp³-hybridized carbons (Fsp3) is 0.588. The topological polar surface area (TPSA) is 32.3 Å². The lowest BCUT2D eigenvalue weighted by Gasteiger charge is -2.38. The number of nitrogens with one attached hydrogen (secondary N) is 1. The van der Waals surface area contributed by atoms with E-state index in [1.807, 2.05) is 6.07 Å². The third kappa shape index (κ3) is 2.58. The standard InChI is InChI=1S/C17H22N2O.ClH/c20-17(13-6-7-14-10-18-11-15(14)9-13)19-8-2-4-12-3-1-5-16(12)19;/h6-7,9,12,16,18H,1-5,8,10-11H2;1H. The van der Waals surface area contributed by atoms with E-state index < -0.39 is 0 Å². The normalized spacial score (nSPS) is 27.0. The van der Waals surface area contributed by atoms with Crippen LogP contribution in [0.1, 0.15) is 53.6 Å². The minimum atomic E-state index is 0. The highest BCUT2D eigenvalue weighted by Gasteiger charge is 2.37. The summed E-state index contributed by atoms with van der Waals surface area (Å²) in [5, 5.41) is 3.35. The van der Waals surface area contributed by atoms with Gasteiger partial charge in [-0.3, -0.25) is 4.79 Å². The van der Waals surface area contributed by atoms with E-state index in [9.17, 15) is 4.79 Å². The molecule has 3 nitrogen and oxygen atoms in total. The van der Waals surface area contributed by atoms with Gasteiger partial charge in [0, 0.05) is 31.2 Å². The summed E-state index contributed by atoms with van der Waals surface area (Å²) in [4.78, 5) is 15.0. The zero-order valence-corrected chi connectivity index (χ0v) is 13.1. The predicted molar refractivity (Wildman–Crippen MR) is 85.6 cm³/mol. The van der Waals surface area contributed by atoms with Crippen molar-refractivity contribution in [1.29, 1.82) is 0 Å². The molecule has 4 heteroatoms. The van der Waals surface area contributed by atoms with E-state index in [0.717, 1.165) is 31.1 Å². The first-order valence-electron chi connectivity index (χ1n) is 7.96. The van der Waals surface area contributed by atoms with E-state index >= 15 is 0 Å². The lowest BCUT2D eigenvalue weighted by Crippen LogP contribution is -2.46. The molecule has 1 saturated heterocycles. The van der Waals surface area contributed by atoms with E-state index in [-0.39, 0.29) is 18.3 Å². The molecule has 2 unspecified atom stereocenters. The lowest BCUT2D eigenvalue weighted by molar-refractivity contribution is 0.0548. The van der Waals surface area contributed by atoms with Crippen molar-refractivity contribution in [3.63, 3.8) is 0 Å². The molecule has 1 N–H and O–H groups in total. The summed E-state index contributed by atoms with van der Waals surface area (Å²) < 4.78 is 0. The second kappa shape index (κ2) is 5.98. The van der Waals surface area contributed by atoms with Gasteiger partial charge in [-0.25, -0.2) is 0 Å². The summed E-state index contributed by atoms with van der Waals surface area (Å²) in [6, 6.07) is 6.77. The summed E-state index contributed by atoms with van der Waals surface area (Å²) >= 11 is 0. The monoisotopic (exact) mass is 306 g/mol. The number of fused-ring (bicyclic) bond motifs is 2. The van der Waals surface area contributed by atoms with Crippen LogP contribution in [0.2, 0.25) is 0 Å². The van der Waals surface area contributed by atoms with Gasteiger partial charge in [0.1, 0.15) is 0 Å². The average Bonchev–Trinajstić information content (AvgIpc) is 3.13. The van der Waals surface area contributed by atoms with Crippen LogP contribution in [0.4, 0.5) is 0 Å². The van der Waals surface area contributed by atoms with E-state index in [0.29, 0.717) is 6.04 Å². The molecule has 0 bridgehead atoms. The van der Waals surface area contributed by atoms with Crippen molar-refractivity contribution in [3.05, 3.63) is 34.9 Å². The number of piperidine rings is 1. The number of likely N-dealkylation sites (tertiary alicyclic amines) is 1. The van der Waals surface area contributed by atoms with Crippen molar-refractivity contribution < 1.29 is 4.79 Å². The molecule has 2 atom stereocenters. The molecular formula is C17H23ClN2O. The molecule has 1 aromatic carbocycles.